The lowest BCUT2D eigenvalue weighted by molar-refractivity contribution is -0.123. The Kier molecular flexibility index (Phi) is 5.28. The molecule has 1 aromatic carbocycles. The van der Waals surface area contributed by atoms with Crippen LogP contribution in [0.5, 0.6) is 11.5 Å². The predicted octanol–water partition coefficient (Wildman–Crippen LogP) is 2.41. The number of rotatable bonds is 5. The molecule has 0 bridgehead atoms. The molecule has 1 aliphatic carbocycles. The van der Waals surface area contributed by atoms with Gasteiger partial charge in [0, 0.05) is 31.7 Å². The molecule has 6 nitrogen and oxygen atoms in total. The highest BCUT2D eigenvalue weighted by molar-refractivity contribution is 5.78. The Bertz CT molecular complexity index is 700. The van der Waals surface area contributed by atoms with E-state index in [9.17, 15) is 4.79 Å². The number of methoxy groups -OCH3 is 1. The van der Waals surface area contributed by atoms with Crippen molar-refractivity contribution in [2.24, 2.45) is 0 Å². The van der Waals surface area contributed by atoms with Gasteiger partial charge in [-0.15, -0.1) is 0 Å². The molecule has 27 heavy (non-hydrogen) atoms. The highest BCUT2D eigenvalue weighted by Crippen LogP contribution is 2.51. The minimum Gasteiger partial charge on any atom is -0.486 e. The minimum absolute atomic E-state index is 0.0630. The van der Waals surface area contributed by atoms with E-state index < -0.39 is 0 Å². The number of hydrogen-bond donors (Lipinski definition) is 1. The molecule has 1 spiro atoms. The molecule has 1 fully saturated rings. The molecule has 2 aliphatic heterocycles. The highest BCUT2D eigenvalue weighted by atomic mass is 16.6. The third-order valence-corrected chi connectivity index (χ3v) is 6.32. The molecule has 3 aliphatic rings. The highest BCUT2D eigenvalue weighted by Gasteiger charge is 2.45. The molecule has 1 N–H and O–H groups in total. The molecule has 0 saturated heterocycles. The van der Waals surface area contributed by atoms with E-state index in [-0.39, 0.29) is 17.4 Å². The second-order valence-corrected chi connectivity index (χ2v) is 7.99. The summed E-state index contributed by atoms with van der Waals surface area (Å²) < 4.78 is 16.7. The number of ether oxygens (including phenoxy) is 3. The number of benzene rings is 1. The van der Waals surface area contributed by atoms with Crippen LogP contribution in [0.2, 0.25) is 0 Å². The third kappa shape index (κ3) is 3.52. The zero-order valence-corrected chi connectivity index (χ0v) is 16.4. The van der Waals surface area contributed by atoms with Crippen LogP contribution in [0.25, 0.3) is 0 Å². The summed E-state index contributed by atoms with van der Waals surface area (Å²) in [5.74, 6) is 1.78. The molecule has 4 rings (SSSR count). The quantitative estimate of drug-likeness (QED) is 0.802. The number of carbonyl (C=O) groups is 1. The van der Waals surface area contributed by atoms with E-state index >= 15 is 0 Å². The van der Waals surface area contributed by atoms with Gasteiger partial charge in [0.2, 0.25) is 5.91 Å². The first-order valence-electron chi connectivity index (χ1n) is 10.1. The maximum Gasteiger partial charge on any atom is 0.234 e. The Morgan fingerprint density at radius 3 is 2.67 bits per heavy atom. The summed E-state index contributed by atoms with van der Waals surface area (Å²) in [5, 5.41) is 2.95. The topological polar surface area (TPSA) is 60.0 Å². The monoisotopic (exact) mass is 374 g/mol. The van der Waals surface area contributed by atoms with Crippen LogP contribution in [0.1, 0.15) is 49.8 Å². The average Bonchev–Trinajstić information content (AvgIpc) is 3.14. The molecule has 1 aromatic rings. The van der Waals surface area contributed by atoms with Gasteiger partial charge in [-0.3, -0.25) is 9.69 Å². The maximum atomic E-state index is 12.4. The first-order chi connectivity index (χ1) is 13.1. The van der Waals surface area contributed by atoms with Gasteiger partial charge >= 0.3 is 0 Å². The molecule has 1 unspecified atom stereocenters. The largest absolute Gasteiger partial charge is 0.486 e. The van der Waals surface area contributed by atoms with Gasteiger partial charge in [0.05, 0.1) is 13.2 Å². The normalized spacial score (nSPS) is 23.3. The van der Waals surface area contributed by atoms with Crippen LogP contribution in [0, 0.1) is 0 Å². The molecule has 1 saturated carbocycles. The van der Waals surface area contributed by atoms with Gasteiger partial charge < -0.3 is 19.5 Å². The molecule has 148 valence electrons. The average molecular weight is 374 g/mol. The SMILES string of the molecule is COCCNC(=O)CN1CC2(CCCC2)c2cc3c(cc2C1C)OCCO3. The number of fused-ring (bicyclic) bond motifs is 3. The Morgan fingerprint density at radius 1 is 1.26 bits per heavy atom. The van der Waals surface area contributed by atoms with Crippen LogP contribution in [0.3, 0.4) is 0 Å². The molecule has 1 atom stereocenters. The second kappa shape index (κ2) is 7.68. The number of hydrogen-bond acceptors (Lipinski definition) is 5. The second-order valence-electron chi connectivity index (χ2n) is 7.99. The maximum absolute atomic E-state index is 12.4. The van der Waals surface area contributed by atoms with Gasteiger partial charge in [-0.2, -0.15) is 0 Å². The fourth-order valence-electron chi connectivity index (χ4n) is 4.92. The van der Waals surface area contributed by atoms with E-state index in [2.05, 4.69) is 29.3 Å². The van der Waals surface area contributed by atoms with Crippen molar-refractivity contribution in [1.82, 2.24) is 10.2 Å². The van der Waals surface area contributed by atoms with Crippen LogP contribution in [0.4, 0.5) is 0 Å². The first kappa shape index (κ1) is 18.6. The van der Waals surface area contributed by atoms with E-state index in [1.54, 1.807) is 7.11 Å². The Hall–Kier alpha value is -1.79. The van der Waals surface area contributed by atoms with Crippen molar-refractivity contribution in [3.63, 3.8) is 0 Å². The van der Waals surface area contributed by atoms with Gasteiger partial charge in [0.1, 0.15) is 13.2 Å². The summed E-state index contributed by atoms with van der Waals surface area (Å²) in [5.41, 5.74) is 2.83. The fraction of sp³-hybridized carbons (Fsp3) is 0.667. The van der Waals surface area contributed by atoms with Crippen LogP contribution in [0.15, 0.2) is 12.1 Å². The smallest absolute Gasteiger partial charge is 0.234 e. The van der Waals surface area contributed by atoms with E-state index in [4.69, 9.17) is 14.2 Å². The third-order valence-electron chi connectivity index (χ3n) is 6.32. The summed E-state index contributed by atoms with van der Waals surface area (Å²) in [6.07, 6.45) is 4.84. The van der Waals surface area contributed by atoms with Crippen LogP contribution >= 0.6 is 0 Å². The van der Waals surface area contributed by atoms with Crippen molar-refractivity contribution < 1.29 is 19.0 Å². The number of nitrogens with one attached hydrogen (secondary N) is 1. The molecule has 0 aromatic heterocycles. The molecule has 1 amide bonds. The van der Waals surface area contributed by atoms with Crippen LogP contribution in [-0.4, -0.2) is 57.4 Å². The van der Waals surface area contributed by atoms with Crippen molar-refractivity contribution in [3.05, 3.63) is 23.3 Å². The lowest BCUT2D eigenvalue weighted by Gasteiger charge is -2.46. The molecule has 2 heterocycles. The Morgan fingerprint density at radius 2 is 1.96 bits per heavy atom. The lowest BCUT2D eigenvalue weighted by Crippen LogP contribution is -2.49. The lowest BCUT2D eigenvalue weighted by atomic mass is 9.71. The van der Waals surface area contributed by atoms with E-state index in [1.165, 1.54) is 36.8 Å². The summed E-state index contributed by atoms with van der Waals surface area (Å²) >= 11 is 0. The first-order valence-corrected chi connectivity index (χ1v) is 10.1. The molecular weight excluding hydrogens is 344 g/mol. The van der Waals surface area contributed by atoms with Gasteiger partial charge in [-0.05, 0) is 43.0 Å². The number of carbonyl (C=O) groups excluding carboxylic acids is 1. The van der Waals surface area contributed by atoms with Crippen LogP contribution in [-0.2, 0) is 14.9 Å². The van der Waals surface area contributed by atoms with Gasteiger partial charge in [-0.1, -0.05) is 12.8 Å². The predicted molar refractivity (Wildman–Crippen MR) is 102 cm³/mol. The summed E-state index contributed by atoms with van der Waals surface area (Å²) in [6.45, 7) is 5.84. The van der Waals surface area contributed by atoms with Gasteiger partial charge in [0.25, 0.3) is 0 Å². The number of amides is 1. The van der Waals surface area contributed by atoms with E-state index in [0.29, 0.717) is 32.9 Å². The van der Waals surface area contributed by atoms with E-state index in [1.807, 2.05) is 0 Å². The van der Waals surface area contributed by atoms with Crippen molar-refractivity contribution in [2.45, 2.75) is 44.1 Å². The number of nitrogens with zero attached hydrogens (tertiary/aromatic N) is 1. The fourth-order valence-corrected chi connectivity index (χ4v) is 4.92. The van der Waals surface area contributed by atoms with Crippen molar-refractivity contribution in [1.29, 1.82) is 0 Å². The van der Waals surface area contributed by atoms with Gasteiger partial charge in [0.15, 0.2) is 11.5 Å². The Labute approximate surface area is 161 Å². The summed E-state index contributed by atoms with van der Waals surface area (Å²) in [4.78, 5) is 14.8. The van der Waals surface area contributed by atoms with Crippen LogP contribution < -0.4 is 14.8 Å². The molecule has 6 heteroatoms. The van der Waals surface area contributed by atoms with E-state index in [0.717, 1.165) is 18.0 Å². The summed E-state index contributed by atoms with van der Waals surface area (Å²) in [6, 6.07) is 4.56. The van der Waals surface area contributed by atoms with Crippen molar-refractivity contribution >= 4 is 5.91 Å². The molecular formula is C21H30N2O4. The Balaban J connectivity index is 1.62. The zero-order chi connectivity index (χ0) is 18.9. The summed E-state index contributed by atoms with van der Waals surface area (Å²) in [7, 11) is 1.64. The van der Waals surface area contributed by atoms with Crippen molar-refractivity contribution in [3.8, 4) is 11.5 Å². The minimum atomic E-state index is 0.0630. The van der Waals surface area contributed by atoms with Crippen molar-refractivity contribution in [2.75, 3.05) is 46.6 Å². The standard InChI is InChI=1S/C21H30N2O4/c1-15-16-11-18-19(27-10-9-26-18)12-17(16)21(5-3-4-6-21)14-23(15)13-20(24)22-7-8-25-2/h11-12,15H,3-10,13-14H2,1-2H3,(H,22,24). The zero-order valence-electron chi connectivity index (χ0n) is 16.4. The van der Waals surface area contributed by atoms with Gasteiger partial charge in [-0.25, -0.2) is 0 Å². The molecule has 0 radical (unpaired) electrons.